The first kappa shape index (κ1) is 33.3. The van der Waals surface area contributed by atoms with Gasteiger partial charge in [-0.3, -0.25) is 9.59 Å². The maximum atomic E-state index is 13.6. The second-order valence-corrected chi connectivity index (χ2v) is 8.81. The molecule has 44 heavy (non-hydrogen) atoms. The van der Waals surface area contributed by atoms with Crippen LogP contribution in [0.2, 0.25) is 0 Å². The second kappa shape index (κ2) is 14.3. The largest absolute Gasteiger partial charge is 0.493 e. The molecule has 0 saturated carbocycles. The van der Waals surface area contributed by atoms with Gasteiger partial charge in [-0.05, 0) is 48.9 Å². The van der Waals surface area contributed by atoms with E-state index < -0.39 is 46.7 Å². The summed E-state index contributed by atoms with van der Waals surface area (Å²) in [5.74, 6) is -5.88. The lowest BCUT2D eigenvalue weighted by Gasteiger charge is -2.21. The quantitative estimate of drug-likeness (QED) is 0.198. The Morgan fingerprint density at radius 3 is 1.75 bits per heavy atom. The maximum absolute atomic E-state index is 13.6. The molecule has 3 aromatic carbocycles. The van der Waals surface area contributed by atoms with Crippen LogP contribution in [0.4, 0.5) is 24.5 Å². The number of rotatable bonds is 12. The van der Waals surface area contributed by atoms with E-state index in [0.29, 0.717) is 18.7 Å². The number of anilines is 2. The van der Waals surface area contributed by atoms with Crippen LogP contribution in [0.3, 0.4) is 0 Å². The first-order valence-electron chi connectivity index (χ1n) is 12.7. The van der Waals surface area contributed by atoms with Crippen molar-refractivity contribution in [3.8, 4) is 34.5 Å². The molecule has 0 bridgehead atoms. The van der Waals surface area contributed by atoms with Crippen LogP contribution in [-0.4, -0.2) is 66.1 Å². The first-order chi connectivity index (χ1) is 20.9. The summed E-state index contributed by atoms with van der Waals surface area (Å²) in [7, 11) is 6.19. The number of ether oxygens (including phenoxy) is 6. The van der Waals surface area contributed by atoms with E-state index in [1.54, 1.807) is 24.3 Å². The van der Waals surface area contributed by atoms with Crippen molar-refractivity contribution in [2.75, 3.05) is 52.7 Å². The van der Waals surface area contributed by atoms with E-state index in [0.717, 1.165) is 25.8 Å². The fraction of sp³-hybridized carbons (Fsp3) is 0.276. The molecule has 0 fully saturated rings. The molecule has 0 aliphatic carbocycles. The van der Waals surface area contributed by atoms with Crippen molar-refractivity contribution in [3.05, 3.63) is 59.2 Å². The number of alkyl halides is 3. The predicted molar refractivity (Wildman–Crippen MR) is 152 cm³/mol. The van der Waals surface area contributed by atoms with E-state index >= 15 is 0 Å². The van der Waals surface area contributed by atoms with Crippen LogP contribution in [0.5, 0.6) is 34.5 Å². The van der Waals surface area contributed by atoms with Crippen LogP contribution in [0.25, 0.3) is 0 Å². The van der Waals surface area contributed by atoms with Gasteiger partial charge >= 0.3 is 12.1 Å². The Bertz CT molecular complexity index is 1500. The number of hydrogen-bond donors (Lipinski definition) is 3. The van der Waals surface area contributed by atoms with E-state index in [2.05, 4.69) is 15.4 Å². The van der Waals surface area contributed by atoms with Crippen molar-refractivity contribution in [3.63, 3.8) is 0 Å². The highest BCUT2D eigenvalue weighted by molar-refractivity contribution is 6.15. The Balaban J connectivity index is 2.21. The Morgan fingerprint density at radius 2 is 1.27 bits per heavy atom. The average Bonchev–Trinajstić information content (AvgIpc) is 3.00. The molecule has 15 heteroatoms. The van der Waals surface area contributed by atoms with Crippen molar-refractivity contribution in [1.29, 1.82) is 0 Å². The summed E-state index contributed by atoms with van der Waals surface area (Å²) in [5.41, 5.74) is 5.60. The van der Waals surface area contributed by atoms with Crippen molar-refractivity contribution < 1.29 is 56.0 Å². The van der Waals surface area contributed by atoms with Crippen LogP contribution in [0.1, 0.15) is 26.3 Å². The van der Waals surface area contributed by atoms with Gasteiger partial charge in [0, 0.05) is 11.3 Å². The molecule has 0 spiro atoms. The molecule has 4 N–H and O–H groups in total. The number of methoxy groups -OCH3 is 5. The minimum atomic E-state index is -5.44. The van der Waals surface area contributed by atoms with Gasteiger partial charge in [0.15, 0.2) is 17.2 Å². The molecule has 3 aromatic rings. The van der Waals surface area contributed by atoms with Gasteiger partial charge in [-0.15, -0.1) is 0 Å². The van der Waals surface area contributed by atoms with Gasteiger partial charge in [0.2, 0.25) is 17.2 Å². The van der Waals surface area contributed by atoms with E-state index in [-0.39, 0.29) is 28.6 Å². The molecule has 0 aromatic heterocycles. The molecule has 0 radical (unpaired) electrons. The molecule has 0 unspecified atom stereocenters. The third-order valence-electron chi connectivity index (χ3n) is 6.11. The number of amides is 2. The topological polar surface area (TPSA) is 157 Å². The lowest BCUT2D eigenvalue weighted by Crippen LogP contribution is -2.29. The summed E-state index contributed by atoms with van der Waals surface area (Å²) in [6.45, 7) is 0.409. The number of benzene rings is 3. The van der Waals surface area contributed by atoms with E-state index in [1.807, 2.05) is 0 Å². The normalized spacial score (nSPS) is 10.8. The molecule has 0 aliphatic heterocycles. The van der Waals surface area contributed by atoms with Crippen molar-refractivity contribution in [1.82, 2.24) is 0 Å². The van der Waals surface area contributed by atoms with Gasteiger partial charge in [0.25, 0.3) is 11.8 Å². The summed E-state index contributed by atoms with van der Waals surface area (Å²) >= 11 is 0. The fourth-order valence-electron chi connectivity index (χ4n) is 4.03. The summed E-state index contributed by atoms with van der Waals surface area (Å²) in [4.78, 5) is 39.1. The fourth-order valence-corrected chi connectivity index (χ4v) is 4.03. The van der Waals surface area contributed by atoms with Crippen molar-refractivity contribution in [2.45, 2.75) is 12.6 Å². The molecule has 12 nitrogen and oxygen atoms in total. The predicted octanol–water partition coefficient (Wildman–Crippen LogP) is 4.20. The molecule has 2 amide bonds. The van der Waals surface area contributed by atoms with Gasteiger partial charge in [-0.1, -0.05) is 12.1 Å². The molecule has 0 saturated heterocycles. The summed E-state index contributed by atoms with van der Waals surface area (Å²) < 4.78 is 70.8. The summed E-state index contributed by atoms with van der Waals surface area (Å²) in [6, 6.07) is 10.3. The zero-order chi connectivity index (χ0) is 32.6. The number of nitrogens with one attached hydrogen (secondary N) is 2. The third kappa shape index (κ3) is 7.42. The molecule has 0 heterocycles. The van der Waals surface area contributed by atoms with Gasteiger partial charge in [0.1, 0.15) is 5.69 Å². The molecular formula is C29H30F3N3O9. The van der Waals surface area contributed by atoms with Crippen LogP contribution in [-0.2, 0) is 11.2 Å². The molecular weight excluding hydrogens is 591 g/mol. The highest BCUT2D eigenvalue weighted by atomic mass is 19.4. The van der Waals surface area contributed by atoms with Gasteiger partial charge < -0.3 is 44.8 Å². The SMILES string of the molecule is COc1cc(C(=O)Nc2c(C(=O)Nc3ccc(CCN)cc3)cc(OC)c(OC)c2OC(=O)C(F)(F)F)cc(OC)c1OC. The second-order valence-electron chi connectivity index (χ2n) is 8.81. The van der Waals surface area contributed by atoms with E-state index in [9.17, 15) is 27.6 Å². The molecule has 236 valence electrons. The number of carbonyl (C=O) groups is 3. The van der Waals surface area contributed by atoms with Crippen molar-refractivity contribution in [2.24, 2.45) is 5.73 Å². The smallest absolute Gasteiger partial charge is 0.491 e. The number of halogens is 3. The lowest BCUT2D eigenvalue weighted by atomic mass is 10.1. The first-order valence-corrected chi connectivity index (χ1v) is 12.7. The Hall–Kier alpha value is -5.18. The third-order valence-corrected chi connectivity index (χ3v) is 6.11. The monoisotopic (exact) mass is 621 g/mol. The van der Waals surface area contributed by atoms with Gasteiger partial charge in [-0.25, -0.2) is 4.79 Å². The van der Waals surface area contributed by atoms with Crippen LogP contribution in [0.15, 0.2) is 42.5 Å². The minimum absolute atomic E-state index is 0.0871. The van der Waals surface area contributed by atoms with Gasteiger partial charge in [-0.2, -0.15) is 13.2 Å². The molecule has 3 rings (SSSR count). The zero-order valence-corrected chi connectivity index (χ0v) is 24.3. The number of nitrogens with two attached hydrogens (primary N) is 1. The molecule has 0 atom stereocenters. The zero-order valence-electron chi connectivity index (χ0n) is 24.3. The number of carbonyl (C=O) groups excluding carboxylic acids is 3. The lowest BCUT2D eigenvalue weighted by molar-refractivity contribution is -0.189. The highest BCUT2D eigenvalue weighted by Crippen LogP contribution is 2.47. The van der Waals surface area contributed by atoms with E-state index in [4.69, 9.17) is 29.4 Å². The van der Waals surface area contributed by atoms with Crippen molar-refractivity contribution >= 4 is 29.2 Å². The van der Waals surface area contributed by atoms with Gasteiger partial charge in [0.05, 0.1) is 41.1 Å². The Kier molecular flexibility index (Phi) is 10.9. The van der Waals surface area contributed by atoms with Crippen LogP contribution >= 0.6 is 0 Å². The van der Waals surface area contributed by atoms with E-state index in [1.165, 1.54) is 33.5 Å². The Labute approximate surface area is 250 Å². The highest BCUT2D eigenvalue weighted by Gasteiger charge is 2.43. The standard InChI is InChI=1S/C29H30F3N3O9/c1-39-19-12-16(13-20(40-2)23(19)42-4)26(36)35-22-18(27(37)34-17-8-6-15(7-9-17)10-11-33)14-21(41-3)24(43-5)25(22)44-28(38)29(30,31)32/h6-9,12-14H,10-11,33H2,1-5H3,(H,34,37)(H,35,36). The summed E-state index contributed by atoms with van der Waals surface area (Å²) in [5, 5.41) is 4.96. The van der Waals surface area contributed by atoms with Crippen LogP contribution < -0.4 is 44.8 Å². The Morgan fingerprint density at radius 1 is 0.727 bits per heavy atom. The minimum Gasteiger partial charge on any atom is -0.493 e. The number of hydrogen-bond acceptors (Lipinski definition) is 10. The average molecular weight is 622 g/mol. The maximum Gasteiger partial charge on any atom is 0.491 e. The number of esters is 1. The summed E-state index contributed by atoms with van der Waals surface area (Å²) in [6.07, 6.45) is -4.85. The van der Waals surface area contributed by atoms with Crippen LogP contribution in [0, 0.1) is 0 Å². The molecule has 0 aliphatic rings.